The molecule has 0 bridgehead atoms. The first-order chi connectivity index (χ1) is 12.4. The molecule has 0 saturated carbocycles. The lowest BCUT2D eigenvalue weighted by Gasteiger charge is -2.42. The van der Waals surface area contributed by atoms with Gasteiger partial charge in [0, 0.05) is 18.5 Å². The van der Waals surface area contributed by atoms with E-state index < -0.39 is 43.2 Å². The highest BCUT2D eigenvalue weighted by atomic mass is 35.5. The molecule has 0 unspecified atom stereocenters. The molecule has 1 fully saturated rings. The highest BCUT2D eigenvalue weighted by Gasteiger charge is 2.46. The van der Waals surface area contributed by atoms with Gasteiger partial charge in [0.1, 0.15) is 35.6 Å². The maximum absolute atomic E-state index is 11.5. The summed E-state index contributed by atoms with van der Waals surface area (Å²) in [6.45, 7) is 0.748. The van der Waals surface area contributed by atoms with Crippen LogP contribution in [0.3, 0.4) is 0 Å². The van der Waals surface area contributed by atoms with E-state index in [1.165, 1.54) is 6.92 Å². The largest absolute Gasteiger partial charge is 0.460 e. The van der Waals surface area contributed by atoms with Gasteiger partial charge in [0.25, 0.3) is 0 Å². The molecule has 1 aromatic heterocycles. The van der Waals surface area contributed by atoms with E-state index in [0.29, 0.717) is 21.7 Å². The minimum Gasteiger partial charge on any atom is -0.460 e. The van der Waals surface area contributed by atoms with Crippen molar-refractivity contribution in [3.8, 4) is 5.75 Å². The van der Waals surface area contributed by atoms with Crippen LogP contribution in [0, 0.1) is 0 Å². The first kappa shape index (κ1) is 18.8. The van der Waals surface area contributed by atoms with Crippen molar-refractivity contribution in [2.24, 2.45) is 0 Å². The molecule has 26 heavy (non-hydrogen) atoms. The van der Waals surface area contributed by atoms with Gasteiger partial charge >= 0.3 is 0 Å². The van der Waals surface area contributed by atoms with Crippen LogP contribution in [-0.2, 0) is 9.53 Å². The van der Waals surface area contributed by atoms with Crippen LogP contribution in [0.2, 0.25) is 5.02 Å². The van der Waals surface area contributed by atoms with E-state index >= 15 is 0 Å². The molecular weight excluding hydrogens is 364 g/mol. The molecule has 140 valence electrons. The molecule has 5 atom stereocenters. The van der Waals surface area contributed by atoms with Crippen LogP contribution in [0.15, 0.2) is 30.5 Å². The standard InChI is InChI=1S/C17H19ClN2O6/c1-8(22)20-14-16(24)15(23)12(7-21)26-17(14)25-11-5-4-10(18)9-3-2-6-19-13(9)11/h2-6,12,14-17,21,23-24H,7H2,1H3,(H,20,22)/t12-,14+,15-,16-,17-/m1/s1. The van der Waals surface area contributed by atoms with Crippen LogP contribution < -0.4 is 10.1 Å². The lowest BCUT2D eigenvalue weighted by atomic mass is 9.97. The van der Waals surface area contributed by atoms with E-state index in [-0.39, 0.29) is 0 Å². The molecule has 2 aromatic rings. The maximum atomic E-state index is 11.5. The molecule has 9 heteroatoms. The Morgan fingerprint density at radius 2 is 2.12 bits per heavy atom. The second-order valence-corrected chi connectivity index (χ2v) is 6.40. The highest BCUT2D eigenvalue weighted by Crippen LogP contribution is 2.32. The van der Waals surface area contributed by atoms with Crippen LogP contribution in [0.5, 0.6) is 5.75 Å². The Labute approximate surface area is 154 Å². The van der Waals surface area contributed by atoms with Gasteiger partial charge in [-0.05, 0) is 24.3 Å². The maximum Gasteiger partial charge on any atom is 0.223 e. The lowest BCUT2D eigenvalue weighted by molar-refractivity contribution is -0.244. The van der Waals surface area contributed by atoms with Crippen molar-refractivity contribution in [3.63, 3.8) is 0 Å². The monoisotopic (exact) mass is 382 g/mol. The fraction of sp³-hybridized carbons (Fsp3) is 0.412. The number of ether oxygens (including phenoxy) is 2. The Morgan fingerprint density at radius 1 is 1.35 bits per heavy atom. The van der Waals surface area contributed by atoms with Crippen molar-refractivity contribution in [1.29, 1.82) is 0 Å². The minimum absolute atomic E-state index is 0.325. The number of hydrogen-bond donors (Lipinski definition) is 4. The van der Waals surface area contributed by atoms with Crippen molar-refractivity contribution in [2.75, 3.05) is 6.61 Å². The van der Waals surface area contributed by atoms with E-state index in [4.69, 9.17) is 21.1 Å². The number of fused-ring (bicyclic) bond motifs is 1. The quantitative estimate of drug-likeness (QED) is 0.596. The van der Waals surface area contributed by atoms with E-state index in [9.17, 15) is 20.1 Å². The van der Waals surface area contributed by atoms with E-state index in [1.54, 1.807) is 30.5 Å². The minimum atomic E-state index is -1.39. The summed E-state index contributed by atoms with van der Waals surface area (Å²) in [6.07, 6.45) is -3.40. The van der Waals surface area contributed by atoms with Crippen molar-refractivity contribution < 1.29 is 29.6 Å². The zero-order valence-electron chi connectivity index (χ0n) is 13.9. The Bertz CT molecular complexity index is 804. The molecule has 2 heterocycles. The molecule has 4 N–H and O–H groups in total. The molecule has 1 aromatic carbocycles. The topological polar surface area (TPSA) is 121 Å². The number of aromatic nitrogens is 1. The van der Waals surface area contributed by atoms with Crippen LogP contribution in [0.25, 0.3) is 10.9 Å². The summed E-state index contributed by atoms with van der Waals surface area (Å²) in [5, 5.41) is 33.4. The predicted molar refractivity (Wildman–Crippen MR) is 92.7 cm³/mol. The molecule has 3 rings (SSSR count). The van der Waals surface area contributed by atoms with Crippen molar-refractivity contribution in [3.05, 3.63) is 35.5 Å². The van der Waals surface area contributed by atoms with Crippen LogP contribution in [0.1, 0.15) is 6.92 Å². The Morgan fingerprint density at radius 3 is 2.81 bits per heavy atom. The van der Waals surface area contributed by atoms with Gasteiger partial charge < -0.3 is 30.1 Å². The number of halogens is 1. The summed E-state index contributed by atoms with van der Waals surface area (Å²) in [4.78, 5) is 15.7. The van der Waals surface area contributed by atoms with Crippen LogP contribution in [-0.4, -0.2) is 63.5 Å². The number of aliphatic hydroxyl groups is 3. The molecular formula is C17H19ClN2O6. The molecule has 1 aliphatic heterocycles. The molecule has 0 aliphatic carbocycles. The molecule has 1 aliphatic rings. The number of aliphatic hydroxyl groups excluding tert-OH is 3. The highest BCUT2D eigenvalue weighted by molar-refractivity contribution is 6.35. The average Bonchev–Trinajstić information content (AvgIpc) is 2.63. The molecule has 0 spiro atoms. The lowest BCUT2D eigenvalue weighted by Crippen LogP contribution is -2.65. The van der Waals surface area contributed by atoms with Crippen LogP contribution >= 0.6 is 11.6 Å². The third-order valence-electron chi connectivity index (χ3n) is 4.17. The van der Waals surface area contributed by atoms with Gasteiger partial charge in [-0.2, -0.15) is 0 Å². The second-order valence-electron chi connectivity index (χ2n) is 6.00. The van der Waals surface area contributed by atoms with Gasteiger partial charge in [0.15, 0.2) is 0 Å². The van der Waals surface area contributed by atoms with Gasteiger partial charge in [-0.25, -0.2) is 0 Å². The number of rotatable bonds is 4. The number of carbonyl (C=O) groups is 1. The summed E-state index contributed by atoms with van der Waals surface area (Å²) >= 11 is 6.17. The predicted octanol–water partition coefficient (Wildman–Crippen LogP) is 0.211. The van der Waals surface area contributed by atoms with Crippen molar-refractivity contribution in [1.82, 2.24) is 10.3 Å². The number of carbonyl (C=O) groups excluding carboxylic acids is 1. The zero-order valence-corrected chi connectivity index (χ0v) is 14.6. The third kappa shape index (κ3) is 3.60. The Kier molecular flexibility index (Phi) is 5.59. The normalized spacial score (nSPS) is 28.7. The van der Waals surface area contributed by atoms with Gasteiger partial charge in [0.2, 0.25) is 12.2 Å². The first-order valence-corrected chi connectivity index (χ1v) is 8.39. The summed E-state index contributed by atoms with van der Waals surface area (Å²) < 4.78 is 11.4. The van der Waals surface area contributed by atoms with Crippen molar-refractivity contribution in [2.45, 2.75) is 37.6 Å². The second kappa shape index (κ2) is 7.73. The summed E-state index contributed by atoms with van der Waals surface area (Å²) in [5.74, 6) is -0.106. The number of amides is 1. The number of nitrogens with one attached hydrogen (secondary N) is 1. The number of hydrogen-bond acceptors (Lipinski definition) is 7. The van der Waals surface area contributed by atoms with Gasteiger partial charge in [-0.3, -0.25) is 9.78 Å². The van der Waals surface area contributed by atoms with E-state index in [2.05, 4.69) is 10.3 Å². The fourth-order valence-corrected chi connectivity index (χ4v) is 3.12. The SMILES string of the molecule is CC(=O)N[C@@H]1[C@H](Oc2ccc(Cl)c3cccnc23)O[C@H](CO)[C@@H](O)[C@@H]1O. The molecule has 0 radical (unpaired) electrons. The zero-order chi connectivity index (χ0) is 18.8. The van der Waals surface area contributed by atoms with Gasteiger partial charge in [0.05, 0.1) is 11.6 Å². The number of pyridine rings is 1. The van der Waals surface area contributed by atoms with E-state index in [1.807, 2.05) is 0 Å². The number of benzene rings is 1. The third-order valence-corrected chi connectivity index (χ3v) is 4.50. The molecule has 1 saturated heterocycles. The molecule has 8 nitrogen and oxygen atoms in total. The van der Waals surface area contributed by atoms with Gasteiger partial charge in [-0.1, -0.05) is 11.6 Å². The fourth-order valence-electron chi connectivity index (χ4n) is 2.90. The Balaban J connectivity index is 1.95. The summed E-state index contributed by atoms with van der Waals surface area (Å²) in [6, 6.07) is 5.69. The summed E-state index contributed by atoms with van der Waals surface area (Å²) in [7, 11) is 0. The van der Waals surface area contributed by atoms with E-state index in [0.717, 1.165) is 0 Å². The Hall–Kier alpha value is -1.97. The summed E-state index contributed by atoms with van der Waals surface area (Å²) in [5.41, 5.74) is 0.478. The van der Waals surface area contributed by atoms with Gasteiger partial charge in [-0.15, -0.1) is 0 Å². The molecule has 1 amide bonds. The average molecular weight is 383 g/mol. The van der Waals surface area contributed by atoms with Crippen LogP contribution in [0.4, 0.5) is 0 Å². The number of nitrogens with zero attached hydrogens (tertiary/aromatic N) is 1. The van der Waals surface area contributed by atoms with Crippen molar-refractivity contribution >= 4 is 28.4 Å². The first-order valence-electron chi connectivity index (χ1n) is 8.02. The smallest absolute Gasteiger partial charge is 0.223 e.